The summed E-state index contributed by atoms with van der Waals surface area (Å²) in [6, 6.07) is 0. The third kappa shape index (κ3) is 3.82. The van der Waals surface area contributed by atoms with Gasteiger partial charge in [0.1, 0.15) is 0 Å². The minimum atomic E-state index is -0.626. The van der Waals surface area contributed by atoms with Gasteiger partial charge in [-0.2, -0.15) is 0 Å². The molecule has 1 saturated heterocycles. The Morgan fingerprint density at radius 1 is 1.33 bits per heavy atom. The maximum Gasteiger partial charge on any atom is 0.308 e. The Morgan fingerprint density at radius 2 is 2.07 bits per heavy atom. The molecule has 3 heteroatoms. The third-order valence-corrected chi connectivity index (χ3v) is 3.33. The van der Waals surface area contributed by atoms with Gasteiger partial charge in [0.15, 0.2) is 0 Å². The van der Waals surface area contributed by atoms with E-state index in [-0.39, 0.29) is 5.92 Å². The minimum Gasteiger partial charge on any atom is -0.481 e. The molecule has 0 amide bonds. The number of carboxylic acid groups (broad SMARTS) is 1. The first-order valence-corrected chi connectivity index (χ1v) is 6.10. The molecule has 2 unspecified atom stereocenters. The average molecular weight is 213 g/mol. The first-order chi connectivity index (χ1) is 7.15. The van der Waals surface area contributed by atoms with Gasteiger partial charge in [0.25, 0.3) is 0 Å². The molecule has 0 radical (unpaired) electrons. The Labute approximate surface area is 92.5 Å². The predicted octanol–water partition coefficient (Wildman–Crippen LogP) is 2.22. The van der Waals surface area contributed by atoms with Crippen LogP contribution in [-0.4, -0.2) is 35.6 Å². The Morgan fingerprint density at radius 3 is 2.60 bits per heavy atom. The number of carbonyl (C=O) groups is 1. The number of aliphatic carboxylic acids is 1. The van der Waals surface area contributed by atoms with Crippen molar-refractivity contribution >= 4 is 5.97 Å². The van der Waals surface area contributed by atoms with Crippen molar-refractivity contribution in [2.75, 3.05) is 19.6 Å². The quantitative estimate of drug-likeness (QED) is 0.688. The normalized spacial score (nSPS) is 27.1. The van der Waals surface area contributed by atoms with Gasteiger partial charge in [-0.1, -0.05) is 33.1 Å². The summed E-state index contributed by atoms with van der Waals surface area (Å²) in [5.41, 5.74) is 0. The molecular weight excluding hydrogens is 190 g/mol. The lowest BCUT2D eigenvalue weighted by molar-refractivity contribution is -0.142. The van der Waals surface area contributed by atoms with Crippen molar-refractivity contribution in [3.05, 3.63) is 0 Å². The molecule has 0 aromatic carbocycles. The third-order valence-electron chi connectivity index (χ3n) is 3.33. The second kappa shape index (κ2) is 6.11. The molecular formula is C12H23NO2. The average Bonchev–Trinajstić information content (AvgIpc) is 2.55. The molecule has 1 aliphatic heterocycles. The Hall–Kier alpha value is -0.570. The van der Waals surface area contributed by atoms with Gasteiger partial charge >= 0.3 is 5.97 Å². The van der Waals surface area contributed by atoms with Crippen molar-refractivity contribution in [3.63, 3.8) is 0 Å². The number of rotatable bonds is 6. The number of carboxylic acids is 1. The van der Waals surface area contributed by atoms with E-state index in [4.69, 9.17) is 5.11 Å². The Bertz CT molecular complexity index is 206. The number of likely N-dealkylation sites (tertiary alicyclic amines) is 1. The van der Waals surface area contributed by atoms with Crippen LogP contribution < -0.4 is 0 Å². The zero-order chi connectivity index (χ0) is 11.3. The van der Waals surface area contributed by atoms with Gasteiger partial charge in [0.05, 0.1) is 5.92 Å². The monoisotopic (exact) mass is 213 g/mol. The standard InChI is InChI=1S/C12H23NO2/c1-3-4-5-6-7-13-8-10(2)11(9-13)12(14)15/h10-11H,3-9H2,1-2H3,(H,14,15). The van der Waals surface area contributed by atoms with Gasteiger partial charge in [-0.05, 0) is 18.9 Å². The first kappa shape index (κ1) is 12.5. The SMILES string of the molecule is CCCCCCN1CC(C)C(C(=O)O)C1. The number of hydrogen-bond acceptors (Lipinski definition) is 2. The topological polar surface area (TPSA) is 40.5 Å². The number of unbranched alkanes of at least 4 members (excludes halogenated alkanes) is 3. The lowest BCUT2D eigenvalue weighted by Crippen LogP contribution is -2.24. The summed E-state index contributed by atoms with van der Waals surface area (Å²) in [5, 5.41) is 8.98. The van der Waals surface area contributed by atoms with E-state index >= 15 is 0 Å². The molecule has 0 saturated carbocycles. The van der Waals surface area contributed by atoms with Gasteiger partial charge in [0, 0.05) is 13.1 Å². The van der Waals surface area contributed by atoms with E-state index in [0.29, 0.717) is 5.92 Å². The summed E-state index contributed by atoms with van der Waals surface area (Å²) in [4.78, 5) is 13.2. The van der Waals surface area contributed by atoms with Gasteiger partial charge < -0.3 is 10.0 Å². The lowest BCUT2D eigenvalue weighted by Gasteiger charge is -2.14. The van der Waals surface area contributed by atoms with E-state index in [2.05, 4.69) is 11.8 Å². The van der Waals surface area contributed by atoms with Crippen LogP contribution in [0.15, 0.2) is 0 Å². The van der Waals surface area contributed by atoms with Crippen LogP contribution in [0.1, 0.15) is 39.5 Å². The highest BCUT2D eigenvalue weighted by Crippen LogP contribution is 2.23. The summed E-state index contributed by atoms with van der Waals surface area (Å²) in [7, 11) is 0. The Balaban J connectivity index is 2.20. The molecule has 1 aliphatic rings. The van der Waals surface area contributed by atoms with Crippen LogP contribution in [0.2, 0.25) is 0 Å². The zero-order valence-electron chi connectivity index (χ0n) is 9.91. The second-order valence-corrected chi connectivity index (χ2v) is 4.74. The maximum absolute atomic E-state index is 10.9. The second-order valence-electron chi connectivity index (χ2n) is 4.74. The molecule has 15 heavy (non-hydrogen) atoms. The van der Waals surface area contributed by atoms with Gasteiger partial charge in [-0.25, -0.2) is 0 Å². The van der Waals surface area contributed by atoms with Crippen LogP contribution in [0.4, 0.5) is 0 Å². The van der Waals surface area contributed by atoms with E-state index < -0.39 is 5.97 Å². The molecule has 88 valence electrons. The van der Waals surface area contributed by atoms with E-state index in [1.165, 1.54) is 25.7 Å². The molecule has 2 atom stereocenters. The molecule has 3 nitrogen and oxygen atoms in total. The van der Waals surface area contributed by atoms with E-state index in [1.807, 2.05) is 6.92 Å². The highest BCUT2D eigenvalue weighted by molar-refractivity contribution is 5.71. The fourth-order valence-electron chi connectivity index (χ4n) is 2.33. The molecule has 0 aromatic rings. The lowest BCUT2D eigenvalue weighted by atomic mass is 9.99. The maximum atomic E-state index is 10.9. The van der Waals surface area contributed by atoms with Gasteiger partial charge in [0.2, 0.25) is 0 Å². The van der Waals surface area contributed by atoms with Gasteiger partial charge in [-0.3, -0.25) is 4.79 Å². The minimum absolute atomic E-state index is 0.142. The van der Waals surface area contributed by atoms with Crippen LogP contribution in [-0.2, 0) is 4.79 Å². The summed E-state index contributed by atoms with van der Waals surface area (Å²) in [6.07, 6.45) is 5.05. The van der Waals surface area contributed by atoms with Crippen molar-refractivity contribution in [3.8, 4) is 0 Å². The highest BCUT2D eigenvalue weighted by Gasteiger charge is 2.33. The highest BCUT2D eigenvalue weighted by atomic mass is 16.4. The largest absolute Gasteiger partial charge is 0.481 e. The molecule has 1 fully saturated rings. The molecule has 0 aliphatic carbocycles. The van der Waals surface area contributed by atoms with Crippen molar-refractivity contribution in [1.29, 1.82) is 0 Å². The van der Waals surface area contributed by atoms with Crippen molar-refractivity contribution in [1.82, 2.24) is 4.90 Å². The molecule has 0 spiro atoms. The summed E-state index contributed by atoms with van der Waals surface area (Å²) < 4.78 is 0. The summed E-state index contributed by atoms with van der Waals surface area (Å²) in [6.45, 7) is 7.04. The van der Waals surface area contributed by atoms with Crippen molar-refractivity contribution in [2.24, 2.45) is 11.8 Å². The van der Waals surface area contributed by atoms with Crippen LogP contribution in [0.3, 0.4) is 0 Å². The van der Waals surface area contributed by atoms with Crippen molar-refractivity contribution in [2.45, 2.75) is 39.5 Å². The predicted molar refractivity (Wildman–Crippen MR) is 60.9 cm³/mol. The fraction of sp³-hybridized carbons (Fsp3) is 0.917. The van der Waals surface area contributed by atoms with E-state index in [9.17, 15) is 4.79 Å². The van der Waals surface area contributed by atoms with Crippen molar-refractivity contribution < 1.29 is 9.90 Å². The first-order valence-electron chi connectivity index (χ1n) is 6.10. The van der Waals surface area contributed by atoms with Crippen LogP contribution >= 0.6 is 0 Å². The summed E-state index contributed by atoms with van der Waals surface area (Å²) in [5.74, 6) is -0.455. The fourth-order valence-corrected chi connectivity index (χ4v) is 2.33. The van der Waals surface area contributed by atoms with Crippen LogP contribution in [0.25, 0.3) is 0 Å². The number of nitrogens with zero attached hydrogens (tertiary/aromatic N) is 1. The molecule has 1 heterocycles. The van der Waals surface area contributed by atoms with Gasteiger partial charge in [-0.15, -0.1) is 0 Å². The van der Waals surface area contributed by atoms with Crippen LogP contribution in [0, 0.1) is 11.8 Å². The molecule has 1 N–H and O–H groups in total. The summed E-state index contributed by atoms with van der Waals surface area (Å²) >= 11 is 0. The molecule has 1 rings (SSSR count). The Kier molecular flexibility index (Phi) is 5.09. The number of hydrogen-bond donors (Lipinski definition) is 1. The smallest absolute Gasteiger partial charge is 0.308 e. The van der Waals surface area contributed by atoms with Crippen LogP contribution in [0.5, 0.6) is 0 Å². The molecule has 0 bridgehead atoms. The zero-order valence-corrected chi connectivity index (χ0v) is 9.91. The van der Waals surface area contributed by atoms with E-state index in [0.717, 1.165) is 19.6 Å². The molecule has 0 aromatic heterocycles. The van der Waals surface area contributed by atoms with E-state index in [1.54, 1.807) is 0 Å².